The highest BCUT2D eigenvalue weighted by molar-refractivity contribution is 6.12. The van der Waals surface area contributed by atoms with Gasteiger partial charge in [-0.15, -0.1) is 0 Å². The zero-order valence-corrected chi connectivity index (χ0v) is 28.9. The number of pyridine rings is 1. The molecule has 7 aromatic carbocycles. The Hall–Kier alpha value is -7.44. The number of hydrogen-bond acceptors (Lipinski definition) is 5. The van der Waals surface area contributed by atoms with Crippen molar-refractivity contribution in [3.05, 3.63) is 176 Å². The predicted octanol–water partition coefficient (Wildman–Crippen LogP) is 12.1. The van der Waals surface area contributed by atoms with E-state index in [0.717, 1.165) is 60.9 Å². The quantitative estimate of drug-likeness (QED) is 0.180. The normalized spacial score (nSPS) is 11.7. The molecule has 252 valence electrons. The molecule has 0 aliphatic rings. The summed E-state index contributed by atoms with van der Waals surface area (Å²) < 4.78 is 8.54. The van der Waals surface area contributed by atoms with Gasteiger partial charge in [0.25, 0.3) is 0 Å². The number of fused-ring (bicyclic) bond motifs is 7. The van der Waals surface area contributed by atoms with E-state index < -0.39 is 0 Å². The van der Waals surface area contributed by atoms with E-state index >= 15 is 0 Å². The van der Waals surface area contributed by atoms with E-state index in [0.29, 0.717) is 17.5 Å². The molecule has 0 aliphatic carbocycles. The van der Waals surface area contributed by atoms with Crippen LogP contribution < -0.4 is 0 Å². The summed E-state index contributed by atoms with van der Waals surface area (Å²) in [5.74, 6) is 1.75. The van der Waals surface area contributed by atoms with E-state index in [1.807, 2.05) is 18.2 Å². The molecular weight excluding hydrogens is 663 g/mol. The van der Waals surface area contributed by atoms with E-state index in [2.05, 4.69) is 155 Å². The summed E-state index contributed by atoms with van der Waals surface area (Å²) in [4.78, 5) is 19.8. The second-order valence-electron chi connectivity index (χ2n) is 13.5. The van der Waals surface area contributed by atoms with Gasteiger partial charge in [-0.2, -0.15) is 0 Å². The summed E-state index contributed by atoms with van der Waals surface area (Å²) in [5.41, 5.74) is 9.77. The van der Waals surface area contributed by atoms with E-state index in [1.54, 1.807) is 12.4 Å². The van der Waals surface area contributed by atoms with Crippen molar-refractivity contribution in [1.29, 1.82) is 0 Å². The SMILES string of the molecule is c1cc(-c2nc(-c3ccc(-c4cccc5ccccc45)cc3)nc(-c3cccc4oc5cnccc5c34)n2)cc(-n2c3ccccc3c3ccccc32)c1. The Balaban J connectivity index is 1.10. The van der Waals surface area contributed by atoms with Gasteiger partial charge < -0.3 is 8.98 Å². The summed E-state index contributed by atoms with van der Waals surface area (Å²) in [6.45, 7) is 0. The summed E-state index contributed by atoms with van der Waals surface area (Å²) in [5, 5.41) is 6.77. The average Bonchev–Trinajstić information content (AvgIpc) is 3.80. The highest BCUT2D eigenvalue weighted by atomic mass is 16.3. The van der Waals surface area contributed by atoms with Crippen molar-refractivity contribution >= 4 is 54.5 Å². The van der Waals surface area contributed by atoms with Crippen LogP contribution in [-0.2, 0) is 0 Å². The fourth-order valence-electron chi connectivity index (χ4n) is 7.88. The zero-order chi connectivity index (χ0) is 35.6. The molecule has 54 heavy (non-hydrogen) atoms. The lowest BCUT2D eigenvalue weighted by molar-refractivity contribution is 0.667. The van der Waals surface area contributed by atoms with Gasteiger partial charge in [0, 0.05) is 50.1 Å². The molecule has 6 nitrogen and oxygen atoms in total. The molecule has 0 fully saturated rings. The van der Waals surface area contributed by atoms with Crippen LogP contribution in [-0.4, -0.2) is 24.5 Å². The molecule has 0 unspecified atom stereocenters. The van der Waals surface area contributed by atoms with Crippen molar-refractivity contribution in [2.75, 3.05) is 0 Å². The highest BCUT2D eigenvalue weighted by Crippen LogP contribution is 2.38. The predicted molar refractivity (Wildman–Crippen MR) is 218 cm³/mol. The van der Waals surface area contributed by atoms with Crippen LogP contribution in [0, 0.1) is 0 Å². The van der Waals surface area contributed by atoms with E-state index in [1.165, 1.54) is 27.1 Å². The van der Waals surface area contributed by atoms with E-state index in [4.69, 9.17) is 19.4 Å². The third-order valence-electron chi connectivity index (χ3n) is 10.4. The van der Waals surface area contributed by atoms with Gasteiger partial charge in [0.2, 0.25) is 0 Å². The first-order valence-corrected chi connectivity index (χ1v) is 18.0. The molecule has 4 aromatic heterocycles. The minimum atomic E-state index is 0.570. The van der Waals surface area contributed by atoms with Gasteiger partial charge in [-0.05, 0) is 58.3 Å². The van der Waals surface area contributed by atoms with Gasteiger partial charge in [-0.25, -0.2) is 15.0 Å². The van der Waals surface area contributed by atoms with Crippen molar-refractivity contribution in [2.24, 2.45) is 0 Å². The van der Waals surface area contributed by atoms with E-state index in [9.17, 15) is 0 Å². The zero-order valence-electron chi connectivity index (χ0n) is 28.9. The fraction of sp³-hybridized carbons (Fsp3) is 0. The molecule has 0 spiro atoms. The molecule has 0 aliphatic heterocycles. The van der Waals surface area contributed by atoms with Crippen molar-refractivity contribution in [2.45, 2.75) is 0 Å². The molecule has 0 bridgehead atoms. The number of hydrogen-bond donors (Lipinski definition) is 0. The third-order valence-corrected chi connectivity index (χ3v) is 10.4. The molecule has 0 saturated carbocycles. The Labute approximate surface area is 309 Å². The number of rotatable bonds is 5. The standard InChI is InChI=1S/C48H29N5O/c1-2-14-35-30(10-1)11-8-17-36(35)31-22-24-32(25-23-31)46-50-47(52-48(51-46)40-18-9-21-43-45(40)39-26-27-49-29-44(39)54-43)33-12-7-13-34(28-33)53-41-19-5-3-15-37(41)38-16-4-6-20-42(38)53/h1-29H. The van der Waals surface area contributed by atoms with Crippen LogP contribution in [0.5, 0.6) is 0 Å². The summed E-state index contributed by atoms with van der Waals surface area (Å²) in [7, 11) is 0. The molecule has 6 heteroatoms. The van der Waals surface area contributed by atoms with Gasteiger partial charge >= 0.3 is 0 Å². The van der Waals surface area contributed by atoms with Crippen molar-refractivity contribution in [1.82, 2.24) is 24.5 Å². The topological polar surface area (TPSA) is 69.6 Å². The van der Waals surface area contributed by atoms with Crippen LogP contribution in [0.2, 0.25) is 0 Å². The van der Waals surface area contributed by atoms with Crippen LogP contribution in [0.4, 0.5) is 0 Å². The Morgan fingerprint density at radius 3 is 1.87 bits per heavy atom. The highest BCUT2D eigenvalue weighted by Gasteiger charge is 2.19. The Bertz CT molecular complexity index is 3170. The van der Waals surface area contributed by atoms with Gasteiger partial charge in [0.1, 0.15) is 5.58 Å². The second-order valence-corrected chi connectivity index (χ2v) is 13.5. The van der Waals surface area contributed by atoms with Gasteiger partial charge in [-0.3, -0.25) is 4.98 Å². The number of furan rings is 1. The largest absolute Gasteiger partial charge is 0.454 e. The number of aromatic nitrogens is 5. The number of benzene rings is 7. The summed E-state index contributed by atoms with van der Waals surface area (Å²) in [6, 6.07) is 57.0. The smallest absolute Gasteiger partial charge is 0.164 e. The summed E-state index contributed by atoms with van der Waals surface area (Å²) >= 11 is 0. The molecule has 11 aromatic rings. The van der Waals surface area contributed by atoms with Crippen molar-refractivity contribution < 1.29 is 4.42 Å². The van der Waals surface area contributed by atoms with E-state index in [-0.39, 0.29) is 0 Å². The number of para-hydroxylation sites is 2. The fourth-order valence-corrected chi connectivity index (χ4v) is 7.88. The lowest BCUT2D eigenvalue weighted by atomic mass is 9.97. The molecule has 0 N–H and O–H groups in total. The molecule has 0 saturated heterocycles. The van der Waals surface area contributed by atoms with Crippen LogP contribution in [0.1, 0.15) is 0 Å². The van der Waals surface area contributed by atoms with Crippen LogP contribution in [0.3, 0.4) is 0 Å². The van der Waals surface area contributed by atoms with Gasteiger partial charge in [-0.1, -0.05) is 127 Å². The Morgan fingerprint density at radius 2 is 1.06 bits per heavy atom. The maximum Gasteiger partial charge on any atom is 0.164 e. The summed E-state index contributed by atoms with van der Waals surface area (Å²) in [6.07, 6.45) is 3.54. The maximum absolute atomic E-state index is 6.22. The maximum atomic E-state index is 6.22. The van der Waals surface area contributed by atoms with Gasteiger partial charge in [0.15, 0.2) is 23.1 Å². The van der Waals surface area contributed by atoms with Crippen molar-refractivity contribution in [3.63, 3.8) is 0 Å². The second kappa shape index (κ2) is 12.1. The average molecular weight is 692 g/mol. The molecule has 11 rings (SSSR count). The Kier molecular flexibility index (Phi) is 6.75. The van der Waals surface area contributed by atoms with Crippen molar-refractivity contribution in [3.8, 4) is 51.0 Å². The first kappa shape index (κ1) is 30.2. The lowest BCUT2D eigenvalue weighted by Gasteiger charge is -2.12. The molecule has 0 atom stereocenters. The third kappa shape index (κ3) is 4.81. The minimum absolute atomic E-state index is 0.570. The van der Waals surface area contributed by atoms with Gasteiger partial charge in [0.05, 0.1) is 17.2 Å². The number of nitrogens with zero attached hydrogens (tertiary/aromatic N) is 5. The lowest BCUT2D eigenvalue weighted by Crippen LogP contribution is -2.01. The van der Waals surface area contributed by atoms with Crippen LogP contribution in [0.25, 0.3) is 105 Å². The molecule has 0 radical (unpaired) electrons. The van der Waals surface area contributed by atoms with Crippen LogP contribution >= 0.6 is 0 Å². The Morgan fingerprint density at radius 1 is 0.426 bits per heavy atom. The molecule has 0 amide bonds. The molecule has 4 heterocycles. The monoisotopic (exact) mass is 691 g/mol. The first-order chi connectivity index (χ1) is 26.8. The molecular formula is C48H29N5O. The first-order valence-electron chi connectivity index (χ1n) is 18.0. The van der Waals surface area contributed by atoms with Crippen LogP contribution in [0.15, 0.2) is 181 Å². The minimum Gasteiger partial charge on any atom is -0.454 e.